The summed E-state index contributed by atoms with van der Waals surface area (Å²) < 4.78 is 0. The summed E-state index contributed by atoms with van der Waals surface area (Å²) in [4.78, 5) is 6.88. The highest BCUT2D eigenvalue weighted by Gasteiger charge is 2.20. The highest BCUT2D eigenvalue weighted by molar-refractivity contribution is 5.60. The quantitative estimate of drug-likeness (QED) is 0.650. The maximum absolute atomic E-state index is 4.67. The minimum absolute atomic E-state index is 0.00227. The van der Waals surface area contributed by atoms with Crippen molar-refractivity contribution in [2.45, 2.75) is 33.4 Å². The molecule has 1 aromatic heterocycles. The highest BCUT2D eigenvalue weighted by Crippen LogP contribution is 2.32. The predicted molar refractivity (Wildman–Crippen MR) is 114 cm³/mol. The van der Waals surface area contributed by atoms with Crippen molar-refractivity contribution in [1.82, 2.24) is 9.88 Å². The first-order valence-electron chi connectivity index (χ1n) is 9.43. The zero-order valence-electron chi connectivity index (χ0n) is 17.0. The number of nitrogens with zero attached hydrogens (tertiary/aromatic N) is 2. The average Bonchev–Trinajstić information content (AvgIpc) is 2.62. The first kappa shape index (κ1) is 19.1. The van der Waals surface area contributed by atoms with Gasteiger partial charge in [0, 0.05) is 18.4 Å². The van der Waals surface area contributed by atoms with Crippen molar-refractivity contribution in [3.63, 3.8) is 0 Å². The predicted octanol–water partition coefficient (Wildman–Crippen LogP) is 5.27. The molecule has 0 bridgehead atoms. The van der Waals surface area contributed by atoms with Gasteiger partial charge in [-0.05, 0) is 69.3 Å². The molecule has 3 rings (SSSR count). The molecule has 3 aromatic rings. The molecule has 0 saturated carbocycles. The second-order valence-electron chi connectivity index (χ2n) is 7.54. The molecule has 0 saturated heterocycles. The highest BCUT2D eigenvalue weighted by atomic mass is 15.1. The van der Waals surface area contributed by atoms with Crippen LogP contribution in [-0.2, 0) is 6.54 Å². The molecule has 140 valence electrons. The number of pyridine rings is 1. The summed E-state index contributed by atoms with van der Waals surface area (Å²) in [6.45, 7) is 7.38. The lowest BCUT2D eigenvalue weighted by Crippen LogP contribution is -2.19. The van der Waals surface area contributed by atoms with Crippen LogP contribution in [0, 0.1) is 20.8 Å². The maximum Gasteiger partial charge on any atom is 0.0943 e. The molecule has 27 heavy (non-hydrogen) atoms. The van der Waals surface area contributed by atoms with Gasteiger partial charge < -0.3 is 10.2 Å². The summed E-state index contributed by atoms with van der Waals surface area (Å²) in [5.41, 5.74) is 8.62. The van der Waals surface area contributed by atoms with E-state index < -0.39 is 0 Å². The maximum atomic E-state index is 4.67. The van der Waals surface area contributed by atoms with Crippen LogP contribution < -0.4 is 5.32 Å². The molecule has 2 aromatic carbocycles. The molecule has 0 aliphatic carbocycles. The molecule has 0 radical (unpaired) electrons. The molecule has 1 heterocycles. The minimum atomic E-state index is 0.00227. The summed E-state index contributed by atoms with van der Waals surface area (Å²) in [5.74, 6) is 0. The molecule has 0 spiro atoms. The number of rotatable bonds is 6. The molecular formula is C24H29N3. The molecular weight excluding hydrogens is 330 g/mol. The van der Waals surface area contributed by atoms with Crippen LogP contribution >= 0.6 is 0 Å². The van der Waals surface area contributed by atoms with Gasteiger partial charge in [0.25, 0.3) is 0 Å². The standard InChI is InChI=1S/C24H29N3/c1-17-14-18(2)23(19(3)15-17)26-24(22-12-8-9-13-25-22)21-11-7-6-10-20(21)16-27(4)5/h6-15,24,26H,16H2,1-5H3. The Balaban J connectivity index is 2.09. The van der Waals surface area contributed by atoms with Gasteiger partial charge in [-0.2, -0.15) is 0 Å². The second kappa shape index (κ2) is 8.36. The summed E-state index contributed by atoms with van der Waals surface area (Å²) in [7, 11) is 4.21. The second-order valence-corrected chi connectivity index (χ2v) is 7.54. The molecule has 1 atom stereocenters. The fourth-order valence-electron chi connectivity index (χ4n) is 3.71. The van der Waals surface area contributed by atoms with E-state index in [4.69, 9.17) is 0 Å². The molecule has 0 aliphatic rings. The van der Waals surface area contributed by atoms with Gasteiger partial charge in [0.05, 0.1) is 11.7 Å². The lowest BCUT2D eigenvalue weighted by atomic mass is 9.95. The molecule has 1 N–H and O–H groups in total. The number of anilines is 1. The van der Waals surface area contributed by atoms with Crippen molar-refractivity contribution in [2.75, 3.05) is 19.4 Å². The summed E-state index contributed by atoms with van der Waals surface area (Å²) in [6.07, 6.45) is 1.87. The Morgan fingerprint density at radius 1 is 0.926 bits per heavy atom. The fraction of sp³-hybridized carbons (Fsp3) is 0.292. The molecule has 0 amide bonds. The van der Waals surface area contributed by atoms with Crippen LogP contribution in [0.1, 0.15) is 39.6 Å². The summed E-state index contributed by atoms with van der Waals surface area (Å²) in [6, 6.07) is 19.2. The zero-order chi connectivity index (χ0) is 19.4. The summed E-state index contributed by atoms with van der Waals surface area (Å²) >= 11 is 0. The van der Waals surface area contributed by atoms with Crippen LogP contribution in [0.5, 0.6) is 0 Å². The van der Waals surface area contributed by atoms with Gasteiger partial charge in [-0.3, -0.25) is 4.98 Å². The van der Waals surface area contributed by atoms with Gasteiger partial charge >= 0.3 is 0 Å². The van der Waals surface area contributed by atoms with Crippen LogP contribution in [0.15, 0.2) is 60.8 Å². The van der Waals surface area contributed by atoms with Crippen LogP contribution in [0.25, 0.3) is 0 Å². The van der Waals surface area contributed by atoms with Crippen molar-refractivity contribution in [3.8, 4) is 0 Å². The van der Waals surface area contributed by atoms with Crippen LogP contribution in [-0.4, -0.2) is 24.0 Å². The molecule has 0 aliphatic heterocycles. The Bertz CT molecular complexity index is 878. The van der Waals surface area contributed by atoms with Crippen molar-refractivity contribution in [3.05, 3.63) is 94.3 Å². The van der Waals surface area contributed by atoms with Crippen LogP contribution in [0.4, 0.5) is 5.69 Å². The Morgan fingerprint density at radius 3 is 2.22 bits per heavy atom. The average molecular weight is 360 g/mol. The van der Waals surface area contributed by atoms with E-state index in [1.807, 2.05) is 12.3 Å². The SMILES string of the molecule is Cc1cc(C)c(NC(c2ccccn2)c2ccccc2CN(C)C)c(C)c1. The number of aromatic nitrogens is 1. The van der Waals surface area contributed by atoms with Crippen LogP contribution in [0.3, 0.4) is 0 Å². The van der Waals surface area contributed by atoms with E-state index in [1.165, 1.54) is 33.5 Å². The third kappa shape index (κ3) is 4.55. The number of hydrogen-bond acceptors (Lipinski definition) is 3. The molecule has 1 unspecified atom stereocenters. The van der Waals surface area contributed by atoms with Gasteiger partial charge in [-0.1, -0.05) is 48.0 Å². The topological polar surface area (TPSA) is 28.2 Å². The Labute approximate surface area is 163 Å². The fourth-order valence-corrected chi connectivity index (χ4v) is 3.71. The number of aryl methyl sites for hydroxylation is 3. The molecule has 3 heteroatoms. The van der Waals surface area contributed by atoms with Crippen molar-refractivity contribution in [2.24, 2.45) is 0 Å². The molecule has 3 nitrogen and oxygen atoms in total. The van der Waals surface area contributed by atoms with Crippen LogP contribution in [0.2, 0.25) is 0 Å². The lowest BCUT2D eigenvalue weighted by molar-refractivity contribution is 0.400. The van der Waals surface area contributed by atoms with Crippen molar-refractivity contribution in [1.29, 1.82) is 0 Å². The van der Waals surface area contributed by atoms with E-state index >= 15 is 0 Å². The minimum Gasteiger partial charge on any atom is -0.372 e. The monoisotopic (exact) mass is 359 g/mol. The van der Waals surface area contributed by atoms with Crippen molar-refractivity contribution < 1.29 is 0 Å². The first-order chi connectivity index (χ1) is 13.0. The van der Waals surface area contributed by atoms with E-state index in [9.17, 15) is 0 Å². The number of benzene rings is 2. The van der Waals surface area contributed by atoms with E-state index in [0.29, 0.717) is 0 Å². The third-order valence-corrected chi connectivity index (χ3v) is 4.80. The van der Waals surface area contributed by atoms with Gasteiger partial charge in [0.1, 0.15) is 0 Å². The Hall–Kier alpha value is -2.65. The largest absolute Gasteiger partial charge is 0.372 e. The zero-order valence-corrected chi connectivity index (χ0v) is 17.0. The Kier molecular flexibility index (Phi) is 5.92. The van der Waals surface area contributed by atoms with E-state index in [2.05, 4.69) is 98.6 Å². The summed E-state index contributed by atoms with van der Waals surface area (Å²) in [5, 5.41) is 3.81. The van der Waals surface area contributed by atoms with Crippen molar-refractivity contribution >= 4 is 5.69 Å². The number of hydrogen-bond donors (Lipinski definition) is 1. The van der Waals surface area contributed by atoms with Gasteiger partial charge in [-0.25, -0.2) is 0 Å². The Morgan fingerprint density at radius 2 is 1.59 bits per heavy atom. The van der Waals surface area contributed by atoms with E-state index in [-0.39, 0.29) is 6.04 Å². The first-order valence-corrected chi connectivity index (χ1v) is 9.43. The normalized spacial score (nSPS) is 12.2. The smallest absolute Gasteiger partial charge is 0.0943 e. The molecule has 0 fully saturated rings. The lowest BCUT2D eigenvalue weighted by Gasteiger charge is -2.26. The third-order valence-electron chi connectivity index (χ3n) is 4.80. The van der Waals surface area contributed by atoms with Gasteiger partial charge in [0.15, 0.2) is 0 Å². The number of nitrogens with one attached hydrogen (secondary N) is 1. The van der Waals surface area contributed by atoms with Gasteiger partial charge in [-0.15, -0.1) is 0 Å². The van der Waals surface area contributed by atoms with Gasteiger partial charge in [0.2, 0.25) is 0 Å². The van der Waals surface area contributed by atoms with E-state index in [0.717, 1.165) is 12.2 Å². The van der Waals surface area contributed by atoms with E-state index in [1.54, 1.807) is 0 Å².